The fourth-order valence-electron chi connectivity index (χ4n) is 4.79. The molecule has 1 aliphatic rings. The van der Waals surface area contributed by atoms with Crippen molar-refractivity contribution >= 4 is 34.5 Å². The molecule has 5 rings (SSSR count). The first-order chi connectivity index (χ1) is 18.4. The van der Waals surface area contributed by atoms with E-state index in [4.69, 9.17) is 5.73 Å². The molecule has 0 unspecified atom stereocenters. The predicted octanol–water partition coefficient (Wildman–Crippen LogP) is 5.32. The van der Waals surface area contributed by atoms with Crippen LogP contribution in [0.25, 0.3) is 11.3 Å². The molecule has 1 aliphatic heterocycles. The quantitative estimate of drug-likeness (QED) is 0.304. The maximum absolute atomic E-state index is 13.1. The Morgan fingerprint density at radius 2 is 1.71 bits per heavy atom. The van der Waals surface area contributed by atoms with Crippen molar-refractivity contribution in [2.45, 2.75) is 26.2 Å². The second-order valence-electron chi connectivity index (χ2n) is 9.67. The first-order valence-corrected chi connectivity index (χ1v) is 12.9. The lowest BCUT2D eigenvalue weighted by atomic mass is 10.0. The van der Waals surface area contributed by atoms with E-state index in [1.54, 1.807) is 25.4 Å². The number of anilines is 5. The number of hydrogen-bond donors (Lipinski definition) is 3. The summed E-state index contributed by atoms with van der Waals surface area (Å²) in [5.74, 6) is 0.0196. The molecule has 0 radical (unpaired) electrons. The molecule has 8 nitrogen and oxygen atoms in total. The Morgan fingerprint density at radius 1 is 0.974 bits per heavy atom. The Labute approximate surface area is 222 Å². The van der Waals surface area contributed by atoms with Crippen molar-refractivity contribution in [3.63, 3.8) is 0 Å². The zero-order chi connectivity index (χ0) is 26.6. The van der Waals surface area contributed by atoms with Crippen LogP contribution in [0.15, 0.2) is 77.7 Å². The molecule has 3 aromatic carbocycles. The molecule has 0 atom stereocenters. The highest BCUT2D eigenvalue weighted by Gasteiger charge is 2.16. The van der Waals surface area contributed by atoms with Gasteiger partial charge in [-0.2, -0.15) is 0 Å². The number of hydrogen-bond acceptors (Lipinski definition) is 6. The molecule has 0 aliphatic carbocycles. The lowest BCUT2D eigenvalue weighted by Gasteiger charge is -2.28. The van der Waals surface area contributed by atoms with Crippen molar-refractivity contribution in [1.29, 1.82) is 0 Å². The molecule has 1 amide bonds. The fraction of sp³-hybridized carbons (Fsp3) is 0.233. The van der Waals surface area contributed by atoms with Crippen LogP contribution in [0.3, 0.4) is 0 Å². The summed E-state index contributed by atoms with van der Waals surface area (Å²) in [6, 6.07) is 20.6. The van der Waals surface area contributed by atoms with Crippen molar-refractivity contribution in [3.8, 4) is 11.3 Å². The highest BCUT2D eigenvalue weighted by molar-refractivity contribution is 6.05. The number of nitrogen functional groups attached to an aromatic ring is 1. The number of aromatic nitrogens is 2. The third kappa shape index (κ3) is 5.39. The molecule has 1 aromatic heterocycles. The average molecular weight is 509 g/mol. The summed E-state index contributed by atoms with van der Waals surface area (Å²) in [7, 11) is 1.69. The lowest BCUT2D eigenvalue weighted by Crippen LogP contribution is -2.29. The maximum Gasteiger partial charge on any atom is 0.293 e. The summed E-state index contributed by atoms with van der Waals surface area (Å²) in [5, 5.41) is 6.13. The number of nitrogens with one attached hydrogen (secondary N) is 2. The topological polar surface area (TPSA) is 105 Å². The van der Waals surface area contributed by atoms with E-state index in [9.17, 15) is 9.59 Å². The molecule has 1 saturated heterocycles. The van der Waals surface area contributed by atoms with Gasteiger partial charge in [0.1, 0.15) is 0 Å². The Bertz CT molecular complexity index is 1520. The largest absolute Gasteiger partial charge is 0.399 e. The smallest absolute Gasteiger partial charge is 0.293 e. The van der Waals surface area contributed by atoms with Crippen LogP contribution in [0.5, 0.6) is 0 Å². The summed E-state index contributed by atoms with van der Waals surface area (Å²) in [4.78, 5) is 32.8. The SMILES string of the molecule is Cc1c(NC(=O)c2ccc(N3CCCCC3)cc2)cccc1-c1cn(C)c(=O)c(Nc2cccc(N)c2)n1. The Morgan fingerprint density at radius 3 is 2.45 bits per heavy atom. The van der Waals surface area contributed by atoms with Crippen LogP contribution in [0, 0.1) is 6.92 Å². The van der Waals surface area contributed by atoms with Gasteiger partial charge in [-0.1, -0.05) is 18.2 Å². The van der Waals surface area contributed by atoms with E-state index in [0.717, 1.165) is 29.9 Å². The molecular weight excluding hydrogens is 476 g/mol. The summed E-state index contributed by atoms with van der Waals surface area (Å²) in [5.41, 5.74) is 11.6. The van der Waals surface area contributed by atoms with Crippen molar-refractivity contribution in [2.75, 3.05) is 34.4 Å². The zero-order valence-corrected chi connectivity index (χ0v) is 21.7. The van der Waals surface area contributed by atoms with Crippen LogP contribution in [-0.2, 0) is 7.05 Å². The number of piperidine rings is 1. The minimum absolute atomic E-state index is 0.173. The molecule has 194 valence electrons. The minimum Gasteiger partial charge on any atom is -0.399 e. The Balaban J connectivity index is 1.38. The Kier molecular flexibility index (Phi) is 7.13. The number of carbonyl (C=O) groups is 1. The predicted molar refractivity (Wildman–Crippen MR) is 154 cm³/mol. The molecule has 38 heavy (non-hydrogen) atoms. The normalized spacial score (nSPS) is 13.3. The van der Waals surface area contributed by atoms with Gasteiger partial charge in [0, 0.05) is 60.2 Å². The van der Waals surface area contributed by atoms with Gasteiger partial charge in [0.2, 0.25) is 0 Å². The maximum atomic E-state index is 13.1. The molecule has 0 spiro atoms. The average Bonchev–Trinajstić information content (AvgIpc) is 2.93. The first-order valence-electron chi connectivity index (χ1n) is 12.9. The molecule has 8 heteroatoms. The zero-order valence-electron chi connectivity index (χ0n) is 21.7. The van der Waals surface area contributed by atoms with E-state index >= 15 is 0 Å². The standard InChI is InChI=1S/C30H32N6O2/c1-20-25(27-19-35(2)30(38)28(33-27)32-23-9-6-8-22(31)18-23)10-7-11-26(20)34-29(37)21-12-14-24(15-13-21)36-16-4-3-5-17-36/h6-15,18-19H,3-5,16-17,31H2,1-2H3,(H,32,33)(H,34,37). The van der Waals surface area contributed by atoms with Gasteiger partial charge >= 0.3 is 0 Å². The van der Waals surface area contributed by atoms with E-state index < -0.39 is 0 Å². The van der Waals surface area contributed by atoms with Crippen LogP contribution in [0.2, 0.25) is 0 Å². The van der Waals surface area contributed by atoms with Crippen LogP contribution in [0.1, 0.15) is 35.2 Å². The summed E-state index contributed by atoms with van der Waals surface area (Å²) in [6.07, 6.45) is 5.39. The molecule has 0 saturated carbocycles. The number of amides is 1. The summed E-state index contributed by atoms with van der Waals surface area (Å²) in [6.45, 7) is 4.06. The number of carbonyl (C=O) groups excluding carboxylic acids is 1. The second kappa shape index (κ2) is 10.8. The number of rotatable bonds is 6. The van der Waals surface area contributed by atoms with E-state index in [2.05, 4.69) is 20.5 Å². The molecule has 4 N–H and O–H groups in total. The van der Waals surface area contributed by atoms with Gasteiger partial charge in [0.15, 0.2) is 5.82 Å². The highest BCUT2D eigenvalue weighted by atomic mass is 16.1. The summed E-state index contributed by atoms with van der Waals surface area (Å²) < 4.78 is 1.49. The van der Waals surface area contributed by atoms with E-state index in [1.807, 2.05) is 61.5 Å². The number of benzene rings is 3. The number of aryl methyl sites for hydroxylation is 1. The van der Waals surface area contributed by atoms with Crippen molar-refractivity contribution in [3.05, 3.63) is 94.4 Å². The van der Waals surface area contributed by atoms with Gasteiger partial charge in [-0.05, 0) is 80.3 Å². The van der Waals surface area contributed by atoms with E-state index in [-0.39, 0.29) is 17.3 Å². The first kappa shape index (κ1) is 25.1. The second-order valence-corrected chi connectivity index (χ2v) is 9.67. The van der Waals surface area contributed by atoms with Gasteiger partial charge in [-0.15, -0.1) is 0 Å². The third-order valence-electron chi connectivity index (χ3n) is 6.93. The fourth-order valence-corrected chi connectivity index (χ4v) is 4.79. The highest BCUT2D eigenvalue weighted by Crippen LogP contribution is 2.29. The van der Waals surface area contributed by atoms with Gasteiger partial charge in [0.05, 0.1) is 5.69 Å². The van der Waals surface area contributed by atoms with Crippen LogP contribution < -0.4 is 26.8 Å². The molecule has 2 heterocycles. The Hall–Kier alpha value is -4.59. The third-order valence-corrected chi connectivity index (χ3v) is 6.93. The molecule has 4 aromatic rings. The van der Waals surface area contributed by atoms with Crippen molar-refractivity contribution in [1.82, 2.24) is 9.55 Å². The van der Waals surface area contributed by atoms with Crippen LogP contribution >= 0.6 is 0 Å². The molecular formula is C30H32N6O2. The van der Waals surface area contributed by atoms with Gasteiger partial charge in [0.25, 0.3) is 11.5 Å². The van der Waals surface area contributed by atoms with Crippen LogP contribution in [0.4, 0.5) is 28.6 Å². The van der Waals surface area contributed by atoms with Gasteiger partial charge in [-0.3, -0.25) is 9.59 Å². The minimum atomic E-state index is -0.258. The van der Waals surface area contributed by atoms with E-state index in [0.29, 0.717) is 28.3 Å². The number of nitrogens with two attached hydrogens (primary N) is 1. The summed E-state index contributed by atoms with van der Waals surface area (Å²) >= 11 is 0. The van der Waals surface area contributed by atoms with Gasteiger partial charge in [-0.25, -0.2) is 4.98 Å². The number of nitrogens with zero attached hydrogens (tertiary/aromatic N) is 3. The molecule has 1 fully saturated rings. The monoisotopic (exact) mass is 508 g/mol. The van der Waals surface area contributed by atoms with Crippen molar-refractivity contribution < 1.29 is 4.79 Å². The van der Waals surface area contributed by atoms with Crippen molar-refractivity contribution in [2.24, 2.45) is 7.05 Å². The molecule has 0 bridgehead atoms. The van der Waals surface area contributed by atoms with Gasteiger partial charge < -0.3 is 25.8 Å². The lowest BCUT2D eigenvalue weighted by molar-refractivity contribution is 0.102. The van der Waals surface area contributed by atoms with Crippen LogP contribution in [-0.4, -0.2) is 28.5 Å². The van der Waals surface area contributed by atoms with E-state index in [1.165, 1.54) is 23.8 Å².